The van der Waals surface area contributed by atoms with Crippen molar-refractivity contribution in [2.45, 2.75) is 31.8 Å². The molecule has 0 fully saturated rings. The van der Waals surface area contributed by atoms with Crippen LogP contribution in [0.4, 0.5) is 5.95 Å². The van der Waals surface area contributed by atoms with E-state index < -0.39 is 0 Å². The van der Waals surface area contributed by atoms with Crippen LogP contribution in [0.1, 0.15) is 23.4 Å². The zero-order valence-corrected chi connectivity index (χ0v) is 17.1. The van der Waals surface area contributed by atoms with E-state index in [1.807, 2.05) is 24.3 Å². The maximum absolute atomic E-state index is 6.17. The third-order valence-corrected chi connectivity index (χ3v) is 5.74. The molecule has 0 radical (unpaired) electrons. The number of rotatable bonds is 4. The van der Waals surface area contributed by atoms with Crippen molar-refractivity contribution in [2.75, 3.05) is 20.0 Å². The van der Waals surface area contributed by atoms with Crippen molar-refractivity contribution >= 4 is 22.5 Å². The van der Waals surface area contributed by atoms with E-state index in [0.29, 0.717) is 22.9 Å². The molecule has 30 heavy (non-hydrogen) atoms. The Morgan fingerprint density at radius 1 is 1.13 bits per heavy atom. The first-order valence-corrected chi connectivity index (χ1v) is 10.0. The fourth-order valence-electron chi connectivity index (χ4n) is 4.14. The summed E-state index contributed by atoms with van der Waals surface area (Å²) in [7, 11) is 3.33. The van der Waals surface area contributed by atoms with Crippen LogP contribution in [0.25, 0.3) is 16.6 Å². The Morgan fingerprint density at radius 3 is 2.87 bits per heavy atom. The van der Waals surface area contributed by atoms with Gasteiger partial charge in [0.1, 0.15) is 17.0 Å². The molecule has 8 nitrogen and oxygen atoms in total. The lowest BCUT2D eigenvalue weighted by Gasteiger charge is -2.13. The molecule has 4 aromatic rings. The van der Waals surface area contributed by atoms with Crippen molar-refractivity contribution in [3.63, 3.8) is 0 Å². The van der Waals surface area contributed by atoms with Gasteiger partial charge in [0.25, 0.3) is 0 Å². The number of anilines is 1. The maximum atomic E-state index is 6.17. The highest BCUT2D eigenvalue weighted by molar-refractivity contribution is 5.95. The third kappa shape index (κ3) is 3.19. The maximum Gasteiger partial charge on any atom is 0.223 e. The summed E-state index contributed by atoms with van der Waals surface area (Å²) in [6.45, 7) is 0.821. The van der Waals surface area contributed by atoms with Crippen LogP contribution < -0.4 is 20.5 Å². The van der Waals surface area contributed by atoms with Crippen LogP contribution in [0.15, 0.2) is 36.4 Å². The van der Waals surface area contributed by atoms with E-state index in [0.717, 1.165) is 42.8 Å². The van der Waals surface area contributed by atoms with Crippen LogP contribution in [0.2, 0.25) is 0 Å². The van der Waals surface area contributed by atoms with Crippen LogP contribution in [-0.4, -0.2) is 39.8 Å². The van der Waals surface area contributed by atoms with Gasteiger partial charge in [0, 0.05) is 24.4 Å². The molecule has 2 aromatic heterocycles. The summed E-state index contributed by atoms with van der Waals surface area (Å²) in [5.74, 6) is 2.62. The summed E-state index contributed by atoms with van der Waals surface area (Å²) < 4.78 is 12.4. The van der Waals surface area contributed by atoms with Crippen LogP contribution in [0.3, 0.4) is 0 Å². The van der Waals surface area contributed by atoms with Crippen molar-refractivity contribution in [1.82, 2.24) is 24.9 Å². The number of fused-ring (bicyclic) bond motifs is 4. The van der Waals surface area contributed by atoms with Crippen molar-refractivity contribution in [3.8, 4) is 11.5 Å². The number of para-hydroxylation sites is 1. The van der Waals surface area contributed by atoms with Crippen molar-refractivity contribution in [1.29, 1.82) is 0 Å². The number of benzene rings is 2. The number of nitrogen functional groups attached to an aromatic ring is 1. The van der Waals surface area contributed by atoms with Gasteiger partial charge < -0.3 is 20.5 Å². The first-order chi connectivity index (χ1) is 14.7. The molecular formula is C22H24N6O2. The summed E-state index contributed by atoms with van der Waals surface area (Å²) in [4.78, 5) is 9.27. The van der Waals surface area contributed by atoms with Crippen LogP contribution in [0, 0.1) is 0 Å². The molecule has 0 amide bonds. The first-order valence-electron chi connectivity index (χ1n) is 10.0. The highest BCUT2D eigenvalue weighted by Gasteiger charge is 2.20. The quantitative estimate of drug-likeness (QED) is 0.539. The topological polar surface area (TPSA) is 99.6 Å². The fourth-order valence-corrected chi connectivity index (χ4v) is 4.14. The minimum absolute atomic E-state index is 0.274. The molecule has 8 heteroatoms. The van der Waals surface area contributed by atoms with E-state index in [1.165, 1.54) is 11.1 Å². The SMILES string of the molecule is COc1ccc2c(c1)CCC(Cc1nc3c4cccc(OC)c4nc(N)n3n1)NC2. The molecule has 3 heterocycles. The van der Waals surface area contributed by atoms with Crippen LogP contribution in [0.5, 0.6) is 11.5 Å². The predicted octanol–water partition coefficient (Wildman–Crippen LogP) is 2.52. The smallest absolute Gasteiger partial charge is 0.223 e. The van der Waals surface area contributed by atoms with Gasteiger partial charge in [-0.25, -0.2) is 9.97 Å². The highest BCUT2D eigenvalue weighted by Crippen LogP contribution is 2.28. The monoisotopic (exact) mass is 404 g/mol. The molecule has 0 saturated carbocycles. The van der Waals surface area contributed by atoms with E-state index >= 15 is 0 Å². The van der Waals surface area contributed by atoms with Gasteiger partial charge in [-0.3, -0.25) is 0 Å². The average molecular weight is 404 g/mol. The normalized spacial score (nSPS) is 16.4. The van der Waals surface area contributed by atoms with E-state index in [1.54, 1.807) is 18.7 Å². The Labute approximate surface area is 174 Å². The zero-order valence-electron chi connectivity index (χ0n) is 17.1. The summed E-state index contributed by atoms with van der Waals surface area (Å²) in [5, 5.41) is 9.15. The van der Waals surface area contributed by atoms with Gasteiger partial charge in [0.15, 0.2) is 11.5 Å². The molecule has 0 aliphatic carbocycles. The first kappa shape index (κ1) is 18.6. The predicted molar refractivity (Wildman–Crippen MR) is 115 cm³/mol. The lowest BCUT2D eigenvalue weighted by atomic mass is 10.0. The Balaban J connectivity index is 1.43. The molecule has 3 N–H and O–H groups in total. The lowest BCUT2D eigenvalue weighted by Crippen LogP contribution is -2.29. The number of ether oxygens (including phenoxy) is 2. The Hall–Kier alpha value is -3.39. The summed E-state index contributed by atoms with van der Waals surface area (Å²) in [6, 6.07) is 12.3. The van der Waals surface area contributed by atoms with Crippen LogP contribution >= 0.6 is 0 Å². The third-order valence-electron chi connectivity index (χ3n) is 5.74. The van der Waals surface area contributed by atoms with Gasteiger partial charge in [-0.1, -0.05) is 12.1 Å². The van der Waals surface area contributed by atoms with Gasteiger partial charge in [0.05, 0.1) is 14.2 Å². The number of aromatic nitrogens is 4. The summed E-state index contributed by atoms with van der Waals surface area (Å²) in [6.07, 6.45) is 2.71. The average Bonchev–Trinajstić information content (AvgIpc) is 3.10. The number of aryl methyl sites for hydroxylation is 1. The molecule has 1 atom stereocenters. The molecule has 1 unspecified atom stereocenters. The van der Waals surface area contributed by atoms with Crippen molar-refractivity contribution < 1.29 is 9.47 Å². The second-order valence-electron chi connectivity index (χ2n) is 7.55. The van der Waals surface area contributed by atoms with Crippen molar-refractivity contribution in [3.05, 3.63) is 53.3 Å². The second kappa shape index (κ2) is 7.46. The number of hydrogen-bond donors (Lipinski definition) is 2. The highest BCUT2D eigenvalue weighted by atomic mass is 16.5. The van der Waals surface area contributed by atoms with Gasteiger partial charge in [-0.2, -0.15) is 4.52 Å². The molecule has 154 valence electrons. The summed E-state index contributed by atoms with van der Waals surface area (Å²) in [5.41, 5.74) is 10.2. The number of methoxy groups -OCH3 is 2. The summed E-state index contributed by atoms with van der Waals surface area (Å²) >= 11 is 0. The molecule has 1 aliphatic rings. The van der Waals surface area contributed by atoms with Gasteiger partial charge in [-0.15, -0.1) is 5.10 Å². The second-order valence-corrected chi connectivity index (χ2v) is 7.55. The Bertz CT molecular complexity index is 1240. The molecule has 0 saturated heterocycles. The Morgan fingerprint density at radius 2 is 2.03 bits per heavy atom. The zero-order chi connectivity index (χ0) is 20.7. The largest absolute Gasteiger partial charge is 0.497 e. The van der Waals surface area contributed by atoms with Gasteiger partial charge >= 0.3 is 0 Å². The molecule has 0 bridgehead atoms. The number of nitrogens with one attached hydrogen (secondary N) is 1. The number of hydrogen-bond acceptors (Lipinski definition) is 7. The molecule has 0 spiro atoms. The number of nitrogens with two attached hydrogens (primary N) is 1. The molecule has 1 aliphatic heterocycles. The lowest BCUT2D eigenvalue weighted by molar-refractivity contribution is 0.414. The fraction of sp³-hybridized carbons (Fsp3) is 0.318. The molecular weight excluding hydrogens is 380 g/mol. The standard InChI is InChI=1S/C22H24N6O2/c1-29-16-9-7-14-12-24-15(8-6-13(14)10-16)11-19-25-21-17-4-3-5-18(30-2)20(17)26-22(23)28(21)27-19/h3-5,7,9-10,15,24H,6,8,11-12H2,1-2H3,(H2,23,26). The molecule has 2 aromatic carbocycles. The Kier molecular flexibility index (Phi) is 4.63. The van der Waals surface area contributed by atoms with Gasteiger partial charge in [-0.05, 0) is 48.2 Å². The molecule has 5 rings (SSSR count). The van der Waals surface area contributed by atoms with E-state index in [-0.39, 0.29) is 6.04 Å². The minimum Gasteiger partial charge on any atom is -0.497 e. The van der Waals surface area contributed by atoms with Gasteiger partial charge in [0.2, 0.25) is 5.95 Å². The van der Waals surface area contributed by atoms with E-state index in [2.05, 4.69) is 27.5 Å². The number of nitrogens with zero attached hydrogens (tertiary/aromatic N) is 4. The van der Waals surface area contributed by atoms with E-state index in [9.17, 15) is 0 Å². The minimum atomic E-state index is 0.274. The van der Waals surface area contributed by atoms with Crippen LogP contribution in [-0.2, 0) is 19.4 Å². The van der Waals surface area contributed by atoms with Crippen molar-refractivity contribution in [2.24, 2.45) is 0 Å². The van der Waals surface area contributed by atoms with E-state index in [4.69, 9.17) is 20.2 Å².